The highest BCUT2D eigenvalue weighted by atomic mass is 32.2. The molecule has 2 aromatic carbocycles. The van der Waals surface area contributed by atoms with Crippen LogP contribution in [-0.2, 0) is 24.1 Å². The van der Waals surface area contributed by atoms with Gasteiger partial charge in [-0.05, 0) is 54.1 Å². The predicted octanol–water partition coefficient (Wildman–Crippen LogP) is 3.71. The third-order valence-corrected chi connectivity index (χ3v) is 5.35. The minimum absolute atomic E-state index is 0.154. The standard InChI is InChI=1S/C20H19NO5S/c1-25-17-5-2-4-15(12-17)13-21(14-18-6-3-11-26-18)27(24)19-9-7-16(8-10-19)20(22)23/h2-12H,13-14H2,1H3,(H,22,23). The fraction of sp³-hybridized carbons (Fsp3) is 0.150. The van der Waals surface area contributed by atoms with E-state index in [1.165, 1.54) is 12.1 Å². The second-order valence-corrected chi connectivity index (χ2v) is 7.29. The van der Waals surface area contributed by atoms with Gasteiger partial charge in [-0.2, -0.15) is 0 Å². The zero-order valence-corrected chi connectivity index (χ0v) is 15.5. The maximum atomic E-state index is 13.1. The minimum atomic E-state index is -1.50. The maximum Gasteiger partial charge on any atom is 0.335 e. The van der Waals surface area contributed by atoms with Gasteiger partial charge < -0.3 is 14.3 Å². The molecule has 0 saturated carbocycles. The number of carboxylic acids is 1. The molecular weight excluding hydrogens is 366 g/mol. The number of aromatic carboxylic acids is 1. The molecule has 0 radical (unpaired) electrons. The second-order valence-electron chi connectivity index (χ2n) is 5.81. The van der Waals surface area contributed by atoms with Crippen LogP contribution in [0.5, 0.6) is 5.75 Å². The highest BCUT2D eigenvalue weighted by Gasteiger charge is 2.18. The molecule has 0 fully saturated rings. The van der Waals surface area contributed by atoms with E-state index in [1.54, 1.807) is 35.9 Å². The van der Waals surface area contributed by atoms with Crippen molar-refractivity contribution in [2.24, 2.45) is 0 Å². The Morgan fingerprint density at radius 2 is 1.89 bits per heavy atom. The van der Waals surface area contributed by atoms with Gasteiger partial charge in [0.05, 0.1) is 30.4 Å². The van der Waals surface area contributed by atoms with Crippen LogP contribution in [0.2, 0.25) is 0 Å². The Labute approximate surface area is 159 Å². The molecule has 1 unspecified atom stereocenters. The molecule has 3 rings (SSSR count). The van der Waals surface area contributed by atoms with Crippen LogP contribution in [0.3, 0.4) is 0 Å². The number of carboxylic acid groups (broad SMARTS) is 1. The van der Waals surface area contributed by atoms with Gasteiger partial charge in [-0.3, -0.25) is 0 Å². The van der Waals surface area contributed by atoms with E-state index >= 15 is 0 Å². The maximum absolute atomic E-state index is 13.1. The lowest BCUT2D eigenvalue weighted by Crippen LogP contribution is -2.25. The average Bonchev–Trinajstić information content (AvgIpc) is 3.20. The molecule has 1 N–H and O–H groups in total. The first-order valence-corrected chi connectivity index (χ1v) is 9.33. The van der Waals surface area contributed by atoms with Crippen molar-refractivity contribution in [3.63, 3.8) is 0 Å². The summed E-state index contributed by atoms with van der Waals surface area (Å²) in [5.41, 5.74) is 1.09. The zero-order chi connectivity index (χ0) is 19.2. The highest BCUT2D eigenvalue weighted by Crippen LogP contribution is 2.21. The third kappa shape index (κ3) is 4.84. The van der Waals surface area contributed by atoms with Gasteiger partial charge in [-0.1, -0.05) is 12.1 Å². The minimum Gasteiger partial charge on any atom is -0.497 e. The molecule has 3 aromatic rings. The summed E-state index contributed by atoms with van der Waals surface area (Å²) in [7, 11) is 0.102. The van der Waals surface area contributed by atoms with Gasteiger partial charge in [-0.25, -0.2) is 13.3 Å². The van der Waals surface area contributed by atoms with Crippen LogP contribution in [0, 0.1) is 0 Å². The number of ether oxygens (including phenoxy) is 1. The molecule has 0 spiro atoms. The van der Waals surface area contributed by atoms with E-state index in [1.807, 2.05) is 30.3 Å². The van der Waals surface area contributed by atoms with Crippen LogP contribution in [-0.4, -0.2) is 26.7 Å². The zero-order valence-electron chi connectivity index (χ0n) is 14.7. The first-order valence-electron chi connectivity index (χ1n) is 8.22. The third-order valence-electron chi connectivity index (χ3n) is 3.94. The molecule has 0 aliphatic rings. The van der Waals surface area contributed by atoms with E-state index < -0.39 is 17.0 Å². The smallest absolute Gasteiger partial charge is 0.335 e. The molecule has 1 atom stereocenters. The molecule has 7 heteroatoms. The van der Waals surface area contributed by atoms with Crippen LogP contribution < -0.4 is 4.74 Å². The van der Waals surface area contributed by atoms with Crippen LogP contribution in [0.4, 0.5) is 0 Å². The molecule has 6 nitrogen and oxygen atoms in total. The summed E-state index contributed by atoms with van der Waals surface area (Å²) in [5, 5.41) is 9.03. The highest BCUT2D eigenvalue weighted by molar-refractivity contribution is 7.82. The molecule has 0 aliphatic heterocycles. The quantitative estimate of drug-likeness (QED) is 0.639. The number of carbonyl (C=O) groups is 1. The van der Waals surface area contributed by atoms with Crippen LogP contribution in [0.1, 0.15) is 21.7 Å². The lowest BCUT2D eigenvalue weighted by atomic mass is 10.2. The monoisotopic (exact) mass is 385 g/mol. The van der Waals surface area contributed by atoms with Gasteiger partial charge >= 0.3 is 5.97 Å². The number of nitrogens with zero attached hydrogens (tertiary/aromatic N) is 1. The van der Waals surface area contributed by atoms with E-state index in [4.69, 9.17) is 14.3 Å². The number of rotatable bonds is 8. The van der Waals surface area contributed by atoms with Crippen molar-refractivity contribution in [3.05, 3.63) is 83.8 Å². The Morgan fingerprint density at radius 3 is 2.52 bits per heavy atom. The summed E-state index contributed by atoms with van der Waals surface area (Å²) in [5.74, 6) is 0.395. The van der Waals surface area contributed by atoms with Crippen molar-refractivity contribution in [3.8, 4) is 5.75 Å². The number of benzene rings is 2. The lowest BCUT2D eigenvalue weighted by Gasteiger charge is -2.20. The molecule has 140 valence electrons. The normalized spacial score (nSPS) is 12.1. The van der Waals surface area contributed by atoms with Crippen LogP contribution in [0.15, 0.2) is 76.2 Å². The van der Waals surface area contributed by atoms with Crippen molar-refractivity contribution in [2.45, 2.75) is 18.0 Å². The predicted molar refractivity (Wildman–Crippen MR) is 101 cm³/mol. The summed E-state index contributed by atoms with van der Waals surface area (Å²) >= 11 is 0. The number of furan rings is 1. The summed E-state index contributed by atoms with van der Waals surface area (Å²) in [6, 6.07) is 17.2. The molecule has 1 heterocycles. The number of methoxy groups -OCH3 is 1. The first kappa shape index (κ1) is 18.9. The van der Waals surface area contributed by atoms with Gasteiger partial charge in [-0.15, -0.1) is 0 Å². The van der Waals surface area contributed by atoms with Crippen molar-refractivity contribution in [2.75, 3.05) is 7.11 Å². The van der Waals surface area contributed by atoms with E-state index in [-0.39, 0.29) is 5.56 Å². The summed E-state index contributed by atoms with van der Waals surface area (Å²) < 4.78 is 25.5. The first-order chi connectivity index (χ1) is 13.1. The lowest BCUT2D eigenvalue weighted by molar-refractivity contribution is 0.0697. The van der Waals surface area contributed by atoms with E-state index in [2.05, 4.69) is 0 Å². The second kappa shape index (κ2) is 8.66. The molecule has 0 amide bonds. The van der Waals surface area contributed by atoms with E-state index in [0.29, 0.717) is 23.7 Å². The number of hydrogen-bond acceptors (Lipinski definition) is 4. The average molecular weight is 385 g/mol. The van der Waals surface area contributed by atoms with Gasteiger partial charge in [0.2, 0.25) is 0 Å². The molecular formula is C20H19NO5S. The van der Waals surface area contributed by atoms with Gasteiger partial charge in [0.1, 0.15) is 22.5 Å². The fourth-order valence-electron chi connectivity index (χ4n) is 2.59. The van der Waals surface area contributed by atoms with Gasteiger partial charge in [0, 0.05) is 6.54 Å². The summed E-state index contributed by atoms with van der Waals surface area (Å²) in [4.78, 5) is 11.5. The Balaban J connectivity index is 1.86. The van der Waals surface area contributed by atoms with Crippen molar-refractivity contribution in [1.82, 2.24) is 4.31 Å². The van der Waals surface area contributed by atoms with Crippen LogP contribution in [0.25, 0.3) is 0 Å². The Morgan fingerprint density at radius 1 is 1.11 bits per heavy atom. The van der Waals surface area contributed by atoms with E-state index in [9.17, 15) is 9.00 Å². The number of hydrogen-bond donors (Lipinski definition) is 1. The summed E-state index contributed by atoms with van der Waals surface area (Å²) in [6.07, 6.45) is 1.57. The van der Waals surface area contributed by atoms with Crippen molar-refractivity contribution in [1.29, 1.82) is 0 Å². The Hall–Kier alpha value is -2.90. The van der Waals surface area contributed by atoms with Gasteiger partial charge in [0.25, 0.3) is 0 Å². The summed E-state index contributed by atoms with van der Waals surface area (Å²) in [6.45, 7) is 0.753. The van der Waals surface area contributed by atoms with E-state index in [0.717, 1.165) is 11.3 Å². The Kier molecular flexibility index (Phi) is 6.05. The molecule has 1 aromatic heterocycles. The SMILES string of the molecule is COc1cccc(CN(Cc2ccco2)S(=O)c2ccc(C(=O)O)cc2)c1. The fourth-order valence-corrected chi connectivity index (χ4v) is 3.76. The molecule has 0 saturated heterocycles. The Bertz CT molecular complexity index is 922. The van der Waals surface area contributed by atoms with Crippen LogP contribution >= 0.6 is 0 Å². The van der Waals surface area contributed by atoms with Crippen molar-refractivity contribution >= 4 is 17.0 Å². The van der Waals surface area contributed by atoms with Gasteiger partial charge in [0.15, 0.2) is 0 Å². The molecule has 27 heavy (non-hydrogen) atoms. The van der Waals surface area contributed by atoms with Crippen molar-refractivity contribution < 1.29 is 23.3 Å². The molecule has 0 bridgehead atoms. The largest absolute Gasteiger partial charge is 0.497 e. The topological polar surface area (TPSA) is 80.0 Å². The molecule has 0 aliphatic carbocycles.